The Morgan fingerprint density at radius 2 is 2.10 bits per heavy atom. The van der Waals surface area contributed by atoms with Crippen molar-refractivity contribution in [2.45, 2.75) is 19.8 Å². The van der Waals surface area contributed by atoms with E-state index in [2.05, 4.69) is 10.2 Å². The molecule has 0 saturated carbocycles. The number of nitrogens with two attached hydrogens (primary N) is 1. The van der Waals surface area contributed by atoms with Gasteiger partial charge in [-0.3, -0.25) is 4.79 Å². The van der Waals surface area contributed by atoms with Crippen LogP contribution in [0.5, 0.6) is 11.6 Å². The SMILES string of the molecule is CC(C)c1cc(=O)[nH]nc1Oc1c(F)cc(N)cc1Cl. The van der Waals surface area contributed by atoms with Crippen molar-refractivity contribution in [2.24, 2.45) is 0 Å². The lowest BCUT2D eigenvalue weighted by atomic mass is 10.1. The van der Waals surface area contributed by atoms with Gasteiger partial charge >= 0.3 is 0 Å². The fourth-order valence-electron chi connectivity index (χ4n) is 1.67. The molecule has 0 aliphatic rings. The summed E-state index contributed by atoms with van der Waals surface area (Å²) in [5.74, 6) is -0.791. The lowest BCUT2D eigenvalue weighted by Gasteiger charge is -2.13. The number of hydrogen-bond donors (Lipinski definition) is 2. The number of nitrogens with one attached hydrogen (secondary N) is 1. The van der Waals surface area contributed by atoms with Crippen LogP contribution in [0.3, 0.4) is 0 Å². The van der Waals surface area contributed by atoms with Gasteiger partial charge in [0, 0.05) is 23.4 Å². The molecule has 5 nitrogen and oxygen atoms in total. The van der Waals surface area contributed by atoms with Gasteiger partial charge in [-0.2, -0.15) is 0 Å². The first-order valence-corrected chi connectivity index (χ1v) is 6.28. The summed E-state index contributed by atoms with van der Waals surface area (Å²) in [6, 6.07) is 3.83. The molecule has 0 radical (unpaired) electrons. The van der Waals surface area contributed by atoms with E-state index in [-0.39, 0.29) is 33.8 Å². The monoisotopic (exact) mass is 297 g/mol. The molecule has 3 N–H and O–H groups in total. The summed E-state index contributed by atoms with van der Waals surface area (Å²) in [4.78, 5) is 11.3. The number of nitrogens with zero attached hydrogens (tertiary/aromatic N) is 1. The number of nitrogen functional groups attached to an aromatic ring is 1. The molecule has 1 heterocycles. The van der Waals surface area contributed by atoms with Crippen LogP contribution in [0.4, 0.5) is 10.1 Å². The molecule has 0 bridgehead atoms. The smallest absolute Gasteiger partial charge is 0.264 e. The second kappa shape index (κ2) is 5.50. The topological polar surface area (TPSA) is 81.0 Å². The van der Waals surface area contributed by atoms with Gasteiger partial charge in [-0.1, -0.05) is 25.4 Å². The minimum absolute atomic E-state index is 0.0181. The number of halogens is 2. The Morgan fingerprint density at radius 1 is 1.40 bits per heavy atom. The summed E-state index contributed by atoms with van der Waals surface area (Å²) in [7, 11) is 0. The van der Waals surface area contributed by atoms with Crippen LogP contribution in [0, 0.1) is 5.82 Å². The van der Waals surface area contributed by atoms with Crippen molar-refractivity contribution in [2.75, 3.05) is 5.73 Å². The minimum atomic E-state index is -0.697. The third-order valence-corrected chi connectivity index (χ3v) is 2.92. The van der Waals surface area contributed by atoms with Crippen LogP contribution in [-0.2, 0) is 0 Å². The number of ether oxygens (including phenoxy) is 1. The maximum atomic E-state index is 13.8. The van der Waals surface area contributed by atoms with Crippen molar-refractivity contribution in [3.63, 3.8) is 0 Å². The highest BCUT2D eigenvalue weighted by atomic mass is 35.5. The summed E-state index contributed by atoms with van der Waals surface area (Å²) in [6.45, 7) is 3.73. The number of rotatable bonds is 3. The molecule has 2 rings (SSSR count). The molecule has 0 aliphatic carbocycles. The van der Waals surface area contributed by atoms with Crippen LogP contribution in [0.15, 0.2) is 23.0 Å². The fraction of sp³-hybridized carbons (Fsp3) is 0.231. The molecule has 0 fully saturated rings. The third kappa shape index (κ3) is 2.91. The highest BCUT2D eigenvalue weighted by Gasteiger charge is 2.16. The first kappa shape index (κ1) is 14.3. The van der Waals surface area contributed by atoms with Gasteiger partial charge in [-0.25, -0.2) is 9.49 Å². The molecular weight excluding hydrogens is 285 g/mol. The van der Waals surface area contributed by atoms with Crippen LogP contribution >= 0.6 is 11.6 Å². The average Bonchev–Trinajstić information content (AvgIpc) is 2.34. The first-order chi connectivity index (χ1) is 9.38. The van der Waals surface area contributed by atoms with Crippen molar-refractivity contribution in [3.8, 4) is 11.6 Å². The van der Waals surface area contributed by atoms with E-state index in [1.807, 2.05) is 13.8 Å². The predicted octanol–water partition coefficient (Wildman–Crippen LogP) is 3.06. The molecule has 1 aromatic heterocycles. The molecule has 0 aliphatic heterocycles. The largest absolute Gasteiger partial charge is 0.433 e. The van der Waals surface area contributed by atoms with Crippen molar-refractivity contribution in [1.29, 1.82) is 0 Å². The lowest BCUT2D eigenvalue weighted by molar-refractivity contribution is 0.414. The standard InChI is InChI=1S/C13H13ClFN3O2/c1-6(2)8-5-11(19)17-18-13(8)20-12-9(14)3-7(16)4-10(12)15/h3-6H,16H2,1-2H3,(H,17,19). The van der Waals surface area contributed by atoms with Gasteiger partial charge in [0.05, 0.1) is 5.02 Å². The van der Waals surface area contributed by atoms with E-state index in [0.29, 0.717) is 5.56 Å². The number of anilines is 1. The molecule has 0 unspecified atom stereocenters. The van der Waals surface area contributed by atoms with E-state index in [0.717, 1.165) is 6.07 Å². The zero-order chi connectivity index (χ0) is 14.9. The van der Waals surface area contributed by atoms with E-state index in [1.165, 1.54) is 12.1 Å². The van der Waals surface area contributed by atoms with Crippen LogP contribution < -0.4 is 16.0 Å². The normalized spacial score (nSPS) is 10.8. The Labute approximate surface area is 119 Å². The zero-order valence-electron chi connectivity index (χ0n) is 10.9. The molecule has 0 amide bonds. The van der Waals surface area contributed by atoms with Crippen molar-refractivity contribution >= 4 is 17.3 Å². The molecule has 0 atom stereocenters. The predicted molar refractivity (Wildman–Crippen MR) is 74.8 cm³/mol. The Hall–Kier alpha value is -2.08. The van der Waals surface area contributed by atoms with E-state index >= 15 is 0 Å². The molecule has 2 aromatic rings. The summed E-state index contributed by atoms with van der Waals surface area (Å²) in [5.41, 5.74) is 5.87. The number of aromatic amines is 1. The van der Waals surface area contributed by atoms with Crippen molar-refractivity contribution < 1.29 is 9.13 Å². The average molecular weight is 298 g/mol. The Balaban J connectivity index is 2.48. The van der Waals surface area contributed by atoms with Crippen LogP contribution in [0.2, 0.25) is 5.02 Å². The Kier molecular flexibility index (Phi) is 3.94. The zero-order valence-corrected chi connectivity index (χ0v) is 11.7. The molecule has 0 spiro atoms. The van der Waals surface area contributed by atoms with Gasteiger partial charge in [0.25, 0.3) is 5.56 Å². The highest BCUT2D eigenvalue weighted by Crippen LogP contribution is 2.35. The van der Waals surface area contributed by atoms with E-state index < -0.39 is 5.82 Å². The first-order valence-electron chi connectivity index (χ1n) is 5.90. The van der Waals surface area contributed by atoms with Crippen LogP contribution in [-0.4, -0.2) is 10.2 Å². The Morgan fingerprint density at radius 3 is 2.70 bits per heavy atom. The molecule has 0 saturated heterocycles. The van der Waals surface area contributed by atoms with Gasteiger partial charge in [0.15, 0.2) is 11.6 Å². The summed E-state index contributed by atoms with van der Waals surface area (Å²) < 4.78 is 19.2. The number of hydrogen-bond acceptors (Lipinski definition) is 4. The number of aromatic nitrogens is 2. The van der Waals surface area contributed by atoms with Crippen molar-refractivity contribution in [1.82, 2.24) is 10.2 Å². The molecule has 1 aromatic carbocycles. The molecular formula is C13H13ClFN3O2. The molecule has 7 heteroatoms. The second-order valence-electron chi connectivity index (χ2n) is 4.56. The van der Waals surface area contributed by atoms with Crippen LogP contribution in [0.25, 0.3) is 0 Å². The molecule has 106 valence electrons. The van der Waals surface area contributed by atoms with E-state index in [1.54, 1.807) is 0 Å². The molecule has 20 heavy (non-hydrogen) atoms. The maximum absolute atomic E-state index is 13.8. The third-order valence-electron chi connectivity index (χ3n) is 2.64. The number of benzene rings is 1. The van der Waals surface area contributed by atoms with E-state index in [4.69, 9.17) is 22.1 Å². The highest BCUT2D eigenvalue weighted by molar-refractivity contribution is 6.32. The second-order valence-corrected chi connectivity index (χ2v) is 4.97. The summed E-state index contributed by atoms with van der Waals surface area (Å²) in [6.07, 6.45) is 0. The van der Waals surface area contributed by atoms with Crippen molar-refractivity contribution in [3.05, 3.63) is 45.0 Å². The number of H-pyrrole nitrogens is 1. The van der Waals surface area contributed by atoms with Gasteiger partial charge in [0.2, 0.25) is 5.88 Å². The summed E-state index contributed by atoms with van der Waals surface area (Å²) >= 11 is 5.90. The lowest BCUT2D eigenvalue weighted by Crippen LogP contribution is -2.11. The van der Waals surface area contributed by atoms with E-state index in [9.17, 15) is 9.18 Å². The maximum Gasteiger partial charge on any atom is 0.264 e. The minimum Gasteiger partial charge on any atom is -0.433 e. The summed E-state index contributed by atoms with van der Waals surface area (Å²) in [5, 5.41) is 6.06. The van der Waals surface area contributed by atoms with Gasteiger partial charge in [-0.15, -0.1) is 5.10 Å². The van der Waals surface area contributed by atoms with Gasteiger partial charge in [0.1, 0.15) is 0 Å². The van der Waals surface area contributed by atoms with Gasteiger partial charge < -0.3 is 10.5 Å². The fourth-order valence-corrected chi connectivity index (χ4v) is 1.93. The quantitative estimate of drug-likeness (QED) is 0.853. The van der Waals surface area contributed by atoms with Gasteiger partial charge in [-0.05, 0) is 12.0 Å². The Bertz CT molecular complexity index is 677. The van der Waals surface area contributed by atoms with Crippen LogP contribution in [0.1, 0.15) is 25.3 Å².